The van der Waals surface area contributed by atoms with Crippen LogP contribution in [0.1, 0.15) is 18.3 Å². The normalized spacial score (nSPS) is 19.4. The Kier molecular flexibility index (Phi) is 4.61. The molecule has 27 heavy (non-hydrogen) atoms. The van der Waals surface area contributed by atoms with Crippen LogP contribution in [0.25, 0.3) is 5.69 Å². The molecule has 1 amide bonds. The van der Waals surface area contributed by atoms with E-state index >= 15 is 0 Å². The number of hydrogen-bond acceptors (Lipinski definition) is 8. The maximum Gasteiger partial charge on any atom is 0.338 e. The summed E-state index contributed by atoms with van der Waals surface area (Å²) in [5.41, 5.74) is -1.11. The summed E-state index contributed by atoms with van der Waals surface area (Å²) in [6.07, 6.45) is -0.133. The number of nitrogens with zero attached hydrogens (tertiary/aromatic N) is 6. The molecular weight excluding hydrogens is 356 g/mol. The van der Waals surface area contributed by atoms with Gasteiger partial charge in [0.1, 0.15) is 6.07 Å². The Morgan fingerprint density at radius 2 is 2.22 bits per heavy atom. The quantitative estimate of drug-likeness (QED) is 0.716. The van der Waals surface area contributed by atoms with Gasteiger partial charge >= 0.3 is 5.97 Å². The fourth-order valence-corrected chi connectivity index (χ4v) is 2.71. The van der Waals surface area contributed by atoms with Crippen LogP contribution in [-0.4, -0.2) is 66.9 Å². The second kappa shape index (κ2) is 6.75. The molecule has 2 aromatic rings. The third-order valence-electron chi connectivity index (χ3n) is 4.18. The van der Waals surface area contributed by atoms with E-state index in [1.54, 1.807) is 13.0 Å². The van der Waals surface area contributed by atoms with Crippen LogP contribution in [0.5, 0.6) is 0 Å². The molecule has 3 heterocycles. The first kappa shape index (κ1) is 18.4. The van der Waals surface area contributed by atoms with Crippen LogP contribution in [0.15, 0.2) is 18.3 Å². The number of ether oxygens (including phenoxy) is 1. The Morgan fingerprint density at radius 1 is 1.48 bits per heavy atom. The fourth-order valence-electron chi connectivity index (χ4n) is 2.71. The molecule has 0 radical (unpaired) electrons. The number of anilines is 1. The van der Waals surface area contributed by atoms with E-state index in [1.165, 1.54) is 21.8 Å². The lowest BCUT2D eigenvalue weighted by Crippen LogP contribution is -2.60. The van der Waals surface area contributed by atoms with Crippen LogP contribution < -0.4 is 4.90 Å². The Labute approximate surface area is 153 Å². The standard InChI is InChI=1S/C16H16N6O5/c1-9-5-12(20-22(9)11-6-10(7-17)19-18-8-11)21-3-4-27-13(14(21)23)16(2,26)15(24)25/h5-6,8,13,26H,3-4H2,1-2H3,(H,24,25)/t13-,16+/m0/s1. The smallest absolute Gasteiger partial charge is 0.338 e. The molecular formula is C16H16N6O5. The zero-order valence-electron chi connectivity index (χ0n) is 14.5. The first-order valence-electron chi connectivity index (χ1n) is 7.94. The summed E-state index contributed by atoms with van der Waals surface area (Å²) in [6.45, 7) is 2.96. The minimum Gasteiger partial charge on any atom is -0.479 e. The molecule has 0 bridgehead atoms. The third kappa shape index (κ3) is 3.23. The number of nitriles is 1. The SMILES string of the molecule is Cc1cc(N2CCO[C@H]([C@@](C)(O)C(=O)O)C2=O)nn1-c1cnnc(C#N)c1. The average molecular weight is 372 g/mol. The van der Waals surface area contributed by atoms with E-state index < -0.39 is 23.6 Å². The Bertz CT molecular complexity index is 947. The van der Waals surface area contributed by atoms with Crippen molar-refractivity contribution in [1.82, 2.24) is 20.0 Å². The average Bonchev–Trinajstić information content (AvgIpc) is 3.03. The lowest BCUT2D eigenvalue weighted by atomic mass is 9.97. The van der Waals surface area contributed by atoms with E-state index in [1.807, 2.05) is 6.07 Å². The molecule has 1 saturated heterocycles. The van der Waals surface area contributed by atoms with Crippen molar-refractivity contribution >= 4 is 17.7 Å². The van der Waals surface area contributed by atoms with Crippen molar-refractivity contribution < 1.29 is 24.5 Å². The number of aliphatic hydroxyl groups is 1. The van der Waals surface area contributed by atoms with Crippen molar-refractivity contribution in [2.75, 3.05) is 18.1 Å². The molecule has 0 unspecified atom stereocenters. The van der Waals surface area contributed by atoms with Crippen molar-refractivity contribution in [3.8, 4) is 11.8 Å². The molecule has 1 aliphatic rings. The molecule has 0 aliphatic carbocycles. The van der Waals surface area contributed by atoms with Crippen LogP contribution in [0.3, 0.4) is 0 Å². The summed E-state index contributed by atoms with van der Waals surface area (Å²) in [5.74, 6) is -2.00. The van der Waals surface area contributed by atoms with Gasteiger partial charge in [-0.1, -0.05) is 0 Å². The van der Waals surface area contributed by atoms with Gasteiger partial charge in [0.15, 0.2) is 23.2 Å². The summed E-state index contributed by atoms with van der Waals surface area (Å²) < 4.78 is 6.69. The molecule has 1 aliphatic heterocycles. The molecule has 2 N–H and O–H groups in total. The van der Waals surface area contributed by atoms with E-state index in [0.717, 1.165) is 6.92 Å². The van der Waals surface area contributed by atoms with Crippen molar-refractivity contribution in [1.29, 1.82) is 5.26 Å². The fraction of sp³-hybridized carbons (Fsp3) is 0.375. The zero-order valence-corrected chi connectivity index (χ0v) is 14.5. The van der Waals surface area contributed by atoms with Gasteiger partial charge in [0, 0.05) is 17.8 Å². The molecule has 3 rings (SSSR count). The number of rotatable bonds is 4. The van der Waals surface area contributed by atoms with E-state index in [-0.39, 0.29) is 24.7 Å². The minimum absolute atomic E-state index is 0.0428. The van der Waals surface area contributed by atoms with Gasteiger partial charge < -0.3 is 14.9 Å². The van der Waals surface area contributed by atoms with Gasteiger partial charge in [0.25, 0.3) is 5.91 Å². The van der Waals surface area contributed by atoms with Gasteiger partial charge in [0.2, 0.25) is 0 Å². The number of amides is 1. The molecule has 140 valence electrons. The largest absolute Gasteiger partial charge is 0.479 e. The lowest BCUT2D eigenvalue weighted by Gasteiger charge is -2.36. The van der Waals surface area contributed by atoms with Crippen molar-refractivity contribution in [2.24, 2.45) is 0 Å². The Balaban J connectivity index is 1.94. The van der Waals surface area contributed by atoms with Gasteiger partial charge in [-0.25, -0.2) is 9.48 Å². The van der Waals surface area contributed by atoms with Gasteiger partial charge in [-0.15, -0.1) is 10.2 Å². The highest BCUT2D eigenvalue weighted by Gasteiger charge is 2.49. The van der Waals surface area contributed by atoms with Crippen molar-refractivity contribution in [2.45, 2.75) is 25.6 Å². The van der Waals surface area contributed by atoms with Crippen LogP contribution in [0.2, 0.25) is 0 Å². The number of carbonyl (C=O) groups excluding carboxylic acids is 1. The van der Waals surface area contributed by atoms with Crippen molar-refractivity contribution in [3.05, 3.63) is 29.7 Å². The van der Waals surface area contributed by atoms with Gasteiger partial charge in [-0.3, -0.25) is 9.69 Å². The lowest BCUT2D eigenvalue weighted by molar-refractivity contribution is -0.180. The predicted molar refractivity (Wildman–Crippen MR) is 89.0 cm³/mol. The minimum atomic E-state index is -2.37. The second-order valence-corrected chi connectivity index (χ2v) is 6.16. The van der Waals surface area contributed by atoms with Crippen LogP contribution >= 0.6 is 0 Å². The molecule has 1 fully saturated rings. The molecule has 0 spiro atoms. The van der Waals surface area contributed by atoms with Crippen LogP contribution in [-0.2, 0) is 14.3 Å². The van der Waals surface area contributed by atoms with E-state index in [4.69, 9.17) is 15.1 Å². The summed E-state index contributed by atoms with van der Waals surface area (Å²) in [7, 11) is 0. The van der Waals surface area contributed by atoms with Gasteiger partial charge in [0.05, 0.1) is 25.0 Å². The van der Waals surface area contributed by atoms with Crippen LogP contribution in [0, 0.1) is 18.3 Å². The molecule has 2 atom stereocenters. The number of aliphatic carboxylic acids is 1. The van der Waals surface area contributed by atoms with Crippen molar-refractivity contribution in [3.63, 3.8) is 0 Å². The van der Waals surface area contributed by atoms with Crippen LogP contribution in [0.4, 0.5) is 5.82 Å². The second-order valence-electron chi connectivity index (χ2n) is 6.16. The zero-order chi connectivity index (χ0) is 19.8. The maximum absolute atomic E-state index is 12.7. The highest BCUT2D eigenvalue weighted by Crippen LogP contribution is 2.25. The Morgan fingerprint density at radius 3 is 2.89 bits per heavy atom. The first-order chi connectivity index (χ1) is 12.8. The number of carboxylic acid groups (broad SMARTS) is 1. The maximum atomic E-state index is 12.7. The monoisotopic (exact) mass is 372 g/mol. The molecule has 0 aromatic carbocycles. The molecule has 11 nitrogen and oxygen atoms in total. The van der Waals surface area contributed by atoms with E-state index in [9.17, 15) is 14.7 Å². The Hall–Kier alpha value is -3.36. The molecule has 2 aromatic heterocycles. The summed E-state index contributed by atoms with van der Waals surface area (Å²) in [5, 5.41) is 40.0. The van der Waals surface area contributed by atoms with E-state index in [2.05, 4.69) is 15.3 Å². The molecule has 0 saturated carbocycles. The number of carbonyl (C=O) groups is 2. The van der Waals surface area contributed by atoms with E-state index in [0.29, 0.717) is 11.4 Å². The number of aryl methyl sites for hydroxylation is 1. The highest BCUT2D eigenvalue weighted by molar-refractivity contribution is 6.00. The number of aromatic nitrogens is 4. The van der Waals surface area contributed by atoms with Gasteiger partial charge in [-0.2, -0.15) is 10.4 Å². The highest BCUT2D eigenvalue weighted by atomic mass is 16.5. The first-order valence-corrected chi connectivity index (χ1v) is 7.94. The summed E-state index contributed by atoms with van der Waals surface area (Å²) >= 11 is 0. The molecule has 11 heteroatoms. The number of hydrogen-bond donors (Lipinski definition) is 2. The number of morpholine rings is 1. The topological polar surface area (TPSA) is 154 Å². The summed E-state index contributed by atoms with van der Waals surface area (Å²) in [6, 6.07) is 5.01. The van der Waals surface area contributed by atoms with Gasteiger partial charge in [-0.05, 0) is 13.8 Å². The third-order valence-corrected chi connectivity index (χ3v) is 4.18. The summed E-state index contributed by atoms with van der Waals surface area (Å²) in [4.78, 5) is 25.2. The number of carboxylic acids is 1. The predicted octanol–water partition coefficient (Wildman–Crippen LogP) is -0.590.